The molecule has 0 saturated carbocycles. The molecule has 8 heteroatoms. The number of likely N-dealkylation sites (N-methyl/N-ethyl adjacent to an activating group) is 1. The third kappa shape index (κ3) is 3.79. The molecule has 1 aliphatic carbocycles. The number of fused-ring (bicyclic) bond motifs is 3. The number of hydrogen-bond donors (Lipinski definition) is 1. The fourth-order valence-electron chi connectivity index (χ4n) is 3.93. The summed E-state index contributed by atoms with van der Waals surface area (Å²) >= 11 is 0. The molecule has 1 atom stereocenters. The topological polar surface area (TPSA) is 45.5 Å². The first-order chi connectivity index (χ1) is 14.1. The molecule has 0 radical (unpaired) electrons. The van der Waals surface area contributed by atoms with Gasteiger partial charge >= 0.3 is 6.18 Å². The minimum absolute atomic E-state index is 0.325. The summed E-state index contributed by atoms with van der Waals surface area (Å²) in [5.41, 5.74) is 0.140. The number of rotatable bonds is 3. The van der Waals surface area contributed by atoms with E-state index in [2.05, 4.69) is 10.2 Å². The number of nitrogens with one attached hydrogen (secondary N) is 1. The maximum atomic E-state index is 13.3. The van der Waals surface area contributed by atoms with Crippen molar-refractivity contribution in [3.8, 4) is 0 Å². The molecule has 2 aromatic carbocycles. The van der Waals surface area contributed by atoms with Gasteiger partial charge in [0, 0.05) is 29.1 Å². The van der Waals surface area contributed by atoms with Crippen molar-refractivity contribution >= 4 is 22.6 Å². The third-order valence-corrected chi connectivity index (χ3v) is 5.54. The third-order valence-electron chi connectivity index (χ3n) is 5.54. The first-order valence-electron chi connectivity index (χ1n) is 9.52. The van der Waals surface area contributed by atoms with E-state index in [1.807, 2.05) is 14.1 Å². The van der Waals surface area contributed by atoms with Gasteiger partial charge in [-0.25, -0.2) is 4.39 Å². The normalized spacial score (nSPS) is 16.7. The van der Waals surface area contributed by atoms with Crippen LogP contribution < -0.4 is 5.32 Å². The second-order valence-corrected chi connectivity index (χ2v) is 7.72. The summed E-state index contributed by atoms with van der Waals surface area (Å²) in [6, 6.07) is 7.36. The number of anilines is 1. The Balaban J connectivity index is 1.66. The standard InChI is InChI=1S/C22H20F4N2O2/c1-28(2)14-5-8-20-17(11-14)16-10-13(4-7-19(16)30-20)27-21(29)15-6-3-12(23)9-18(15)22(24,25)26/h3-4,6-7,9-10,14H,5,8,11H2,1-2H3,(H,27,29). The number of halogens is 4. The lowest BCUT2D eigenvalue weighted by atomic mass is 9.91. The lowest BCUT2D eigenvalue weighted by Gasteiger charge is -2.27. The average Bonchev–Trinajstić information content (AvgIpc) is 3.04. The van der Waals surface area contributed by atoms with Gasteiger partial charge in [0.25, 0.3) is 5.91 Å². The molecule has 4 rings (SSSR count). The molecule has 0 saturated heterocycles. The largest absolute Gasteiger partial charge is 0.461 e. The first-order valence-corrected chi connectivity index (χ1v) is 9.52. The Hall–Kier alpha value is -2.87. The van der Waals surface area contributed by atoms with Gasteiger partial charge in [0.15, 0.2) is 0 Å². The number of benzene rings is 2. The molecule has 158 valence electrons. The van der Waals surface area contributed by atoms with Gasteiger partial charge in [0.1, 0.15) is 17.2 Å². The van der Waals surface area contributed by atoms with Gasteiger partial charge < -0.3 is 14.6 Å². The average molecular weight is 420 g/mol. The van der Waals surface area contributed by atoms with E-state index in [0.29, 0.717) is 23.4 Å². The fraction of sp³-hybridized carbons (Fsp3) is 0.318. The SMILES string of the molecule is CN(C)C1CCc2oc3ccc(NC(=O)c4ccc(F)cc4C(F)(F)F)cc3c2C1. The second kappa shape index (κ2) is 7.43. The van der Waals surface area contributed by atoms with Crippen LogP contribution in [0.1, 0.15) is 33.7 Å². The van der Waals surface area contributed by atoms with Gasteiger partial charge in [-0.3, -0.25) is 4.79 Å². The van der Waals surface area contributed by atoms with E-state index in [9.17, 15) is 22.4 Å². The molecular weight excluding hydrogens is 400 g/mol. The minimum atomic E-state index is -4.84. The predicted molar refractivity (Wildman–Crippen MR) is 105 cm³/mol. The Morgan fingerprint density at radius 2 is 1.93 bits per heavy atom. The highest BCUT2D eigenvalue weighted by molar-refractivity contribution is 6.06. The van der Waals surface area contributed by atoms with Crippen molar-refractivity contribution in [1.82, 2.24) is 4.90 Å². The molecule has 1 heterocycles. The number of furan rings is 1. The zero-order valence-electron chi connectivity index (χ0n) is 16.4. The van der Waals surface area contributed by atoms with Crippen LogP contribution in [-0.4, -0.2) is 30.9 Å². The van der Waals surface area contributed by atoms with E-state index in [0.717, 1.165) is 48.1 Å². The summed E-state index contributed by atoms with van der Waals surface area (Å²) in [6.07, 6.45) is -2.26. The number of hydrogen-bond acceptors (Lipinski definition) is 3. The molecule has 0 fully saturated rings. The van der Waals surface area contributed by atoms with Crippen molar-refractivity contribution in [2.75, 3.05) is 19.4 Å². The van der Waals surface area contributed by atoms with Gasteiger partial charge in [0.05, 0.1) is 11.1 Å². The van der Waals surface area contributed by atoms with Gasteiger partial charge in [-0.2, -0.15) is 13.2 Å². The van der Waals surface area contributed by atoms with Crippen LogP contribution in [-0.2, 0) is 19.0 Å². The van der Waals surface area contributed by atoms with E-state index in [4.69, 9.17) is 4.42 Å². The van der Waals surface area contributed by atoms with Crippen molar-refractivity contribution in [3.63, 3.8) is 0 Å². The molecular formula is C22H20F4N2O2. The fourth-order valence-corrected chi connectivity index (χ4v) is 3.93. The Kier molecular flexibility index (Phi) is 5.05. The smallest absolute Gasteiger partial charge is 0.417 e. The Labute approximate surface area is 170 Å². The van der Waals surface area contributed by atoms with Crippen molar-refractivity contribution in [2.45, 2.75) is 31.5 Å². The molecule has 4 nitrogen and oxygen atoms in total. The van der Waals surface area contributed by atoms with Gasteiger partial charge in [-0.15, -0.1) is 0 Å². The van der Waals surface area contributed by atoms with Crippen LogP contribution in [0.2, 0.25) is 0 Å². The maximum Gasteiger partial charge on any atom is 0.417 e. The summed E-state index contributed by atoms with van der Waals surface area (Å²) in [7, 11) is 4.04. The number of alkyl halides is 3. The molecule has 1 aliphatic rings. The highest BCUT2D eigenvalue weighted by Crippen LogP contribution is 2.35. The van der Waals surface area contributed by atoms with Crippen molar-refractivity contribution < 1.29 is 26.8 Å². The quantitative estimate of drug-likeness (QED) is 0.588. The number of nitrogens with zero attached hydrogens (tertiary/aromatic N) is 1. The Morgan fingerprint density at radius 1 is 1.17 bits per heavy atom. The van der Waals surface area contributed by atoms with E-state index in [1.165, 1.54) is 0 Å². The summed E-state index contributed by atoms with van der Waals surface area (Å²) in [5, 5.41) is 3.34. The monoisotopic (exact) mass is 420 g/mol. The summed E-state index contributed by atoms with van der Waals surface area (Å²) < 4.78 is 58.9. The summed E-state index contributed by atoms with van der Waals surface area (Å²) in [4.78, 5) is 14.7. The number of aryl methyl sites for hydroxylation is 1. The molecule has 1 aromatic heterocycles. The second-order valence-electron chi connectivity index (χ2n) is 7.72. The Morgan fingerprint density at radius 3 is 2.63 bits per heavy atom. The van der Waals surface area contributed by atoms with Crippen LogP contribution in [0, 0.1) is 5.82 Å². The van der Waals surface area contributed by atoms with Crippen molar-refractivity contribution in [3.05, 3.63) is 64.7 Å². The molecule has 30 heavy (non-hydrogen) atoms. The van der Waals surface area contributed by atoms with Crippen LogP contribution in [0.3, 0.4) is 0 Å². The van der Waals surface area contributed by atoms with Crippen LogP contribution >= 0.6 is 0 Å². The van der Waals surface area contributed by atoms with Crippen molar-refractivity contribution in [2.24, 2.45) is 0 Å². The molecule has 1 N–H and O–H groups in total. The zero-order chi connectivity index (χ0) is 21.6. The molecule has 0 bridgehead atoms. The summed E-state index contributed by atoms with van der Waals surface area (Å²) in [6.45, 7) is 0. The van der Waals surface area contributed by atoms with E-state index in [1.54, 1.807) is 18.2 Å². The lowest BCUT2D eigenvalue weighted by molar-refractivity contribution is -0.138. The first kappa shape index (κ1) is 20.4. The highest BCUT2D eigenvalue weighted by atomic mass is 19.4. The maximum absolute atomic E-state index is 13.3. The molecule has 3 aromatic rings. The number of amides is 1. The Bertz CT molecular complexity index is 1120. The van der Waals surface area contributed by atoms with Crippen LogP contribution in [0.15, 0.2) is 40.8 Å². The number of carbonyl (C=O) groups is 1. The molecule has 1 unspecified atom stereocenters. The van der Waals surface area contributed by atoms with Crippen LogP contribution in [0.25, 0.3) is 11.0 Å². The molecule has 0 aliphatic heterocycles. The molecule has 1 amide bonds. The van der Waals surface area contributed by atoms with E-state index in [-0.39, 0.29) is 0 Å². The highest BCUT2D eigenvalue weighted by Gasteiger charge is 2.35. The number of carbonyl (C=O) groups excluding carboxylic acids is 1. The molecule has 0 spiro atoms. The lowest BCUT2D eigenvalue weighted by Crippen LogP contribution is -2.33. The van der Waals surface area contributed by atoms with E-state index >= 15 is 0 Å². The van der Waals surface area contributed by atoms with E-state index < -0.39 is 29.0 Å². The van der Waals surface area contributed by atoms with Gasteiger partial charge in [-0.05, 0) is 63.3 Å². The predicted octanol–water partition coefficient (Wildman–Crippen LogP) is 5.26. The van der Waals surface area contributed by atoms with Crippen LogP contribution in [0.4, 0.5) is 23.2 Å². The summed E-state index contributed by atoms with van der Waals surface area (Å²) in [5.74, 6) is -1.10. The van der Waals surface area contributed by atoms with Crippen molar-refractivity contribution in [1.29, 1.82) is 0 Å². The van der Waals surface area contributed by atoms with Gasteiger partial charge in [-0.1, -0.05) is 0 Å². The van der Waals surface area contributed by atoms with Gasteiger partial charge in [0.2, 0.25) is 0 Å². The zero-order valence-corrected chi connectivity index (χ0v) is 16.4. The van der Waals surface area contributed by atoms with Crippen LogP contribution in [0.5, 0.6) is 0 Å². The minimum Gasteiger partial charge on any atom is -0.461 e.